The zero-order valence-electron chi connectivity index (χ0n) is 8.00. The smallest absolute Gasteiger partial charge is 0.382 e. The van der Waals surface area contributed by atoms with Crippen LogP contribution in [-0.2, 0) is 18.6 Å². The summed E-state index contributed by atoms with van der Waals surface area (Å²) < 4.78 is 38.8. The predicted molar refractivity (Wildman–Crippen MR) is 48.3 cm³/mol. The van der Waals surface area contributed by atoms with Crippen LogP contribution >= 0.6 is 8.25 Å². The van der Waals surface area contributed by atoms with Crippen molar-refractivity contribution < 1.29 is 27.8 Å². The normalized spacial score (nSPS) is 48.9. The number of rotatable bonds is 4. The predicted octanol–water partition coefficient (Wildman–Crippen LogP) is 0.319. The van der Waals surface area contributed by atoms with Crippen LogP contribution in [0.5, 0.6) is 0 Å². The van der Waals surface area contributed by atoms with Gasteiger partial charge in [-0.05, 0) is 5.82 Å². The third-order valence-corrected chi connectivity index (χ3v) is 3.21. The minimum Gasteiger partial charge on any atom is -0.382 e. The molecule has 2 rings (SSSR count). The van der Waals surface area contributed by atoms with Crippen molar-refractivity contribution in [2.24, 2.45) is 5.92 Å². The van der Waals surface area contributed by atoms with Crippen molar-refractivity contribution in [3.8, 4) is 0 Å². The molecule has 6 unspecified atom stereocenters. The molecule has 1 saturated carbocycles. The summed E-state index contributed by atoms with van der Waals surface area (Å²) in [5.41, 5.74) is 0. The van der Waals surface area contributed by atoms with Crippen LogP contribution in [0.3, 0.4) is 0 Å². The first kappa shape index (κ1) is 11.4. The summed E-state index contributed by atoms with van der Waals surface area (Å²) in [7, 11) is 4.06. The summed E-state index contributed by atoms with van der Waals surface area (Å²) in [6.07, 6.45) is -1.51. The number of hydrogen-bond donors (Lipinski definition) is 1. The largest absolute Gasteiger partial charge is 0.695 e. The van der Waals surface area contributed by atoms with Gasteiger partial charge in [-0.1, -0.05) is 0 Å². The summed E-state index contributed by atoms with van der Waals surface area (Å²) >= 11 is 0. The van der Waals surface area contributed by atoms with E-state index in [1.807, 2.05) is 0 Å². The second-order valence-electron chi connectivity index (χ2n) is 3.67. The Morgan fingerprint density at radius 2 is 2.40 bits per heavy atom. The zero-order valence-corrected chi connectivity index (χ0v) is 8.89. The topological polar surface area (TPSA) is 65.0 Å². The van der Waals surface area contributed by atoms with Gasteiger partial charge in [-0.25, -0.2) is 4.39 Å². The van der Waals surface area contributed by atoms with Gasteiger partial charge in [0.05, 0.1) is 20.4 Å². The number of ether oxygens (including phenoxy) is 2. The number of halogens is 1. The maximum absolute atomic E-state index is 13.7. The number of hydrogen-bond acceptors (Lipinski definition) is 4. The highest BCUT2D eigenvalue weighted by Crippen LogP contribution is 2.66. The molecule has 1 saturated heterocycles. The van der Waals surface area contributed by atoms with Gasteiger partial charge in [0.1, 0.15) is 6.10 Å². The zero-order chi connectivity index (χ0) is 11.2. The first-order valence-corrected chi connectivity index (χ1v) is 5.58. The molecule has 0 bridgehead atoms. The van der Waals surface area contributed by atoms with Crippen LogP contribution in [0.2, 0.25) is 5.82 Å². The SMILES string of the molecule is [B]C1C2C(O[P+](=O)O)C(COC)OC12F. The Hall–Kier alpha value is -0.0651. The Bertz CT molecular complexity index is 293. The van der Waals surface area contributed by atoms with Crippen LogP contribution in [0, 0.1) is 5.92 Å². The van der Waals surface area contributed by atoms with Crippen molar-refractivity contribution >= 4 is 16.1 Å². The highest BCUT2D eigenvalue weighted by atomic mass is 31.1. The quantitative estimate of drug-likeness (QED) is 0.561. The summed E-state index contributed by atoms with van der Waals surface area (Å²) in [5, 5.41) is 0. The Kier molecular flexibility index (Phi) is 2.86. The lowest BCUT2D eigenvalue weighted by Gasteiger charge is -2.17. The molecule has 0 aromatic heterocycles. The number of fused-ring (bicyclic) bond motifs is 1. The number of methoxy groups -OCH3 is 1. The molecule has 6 atom stereocenters. The fourth-order valence-corrected chi connectivity index (χ4v) is 2.51. The molecule has 8 heteroatoms. The fraction of sp³-hybridized carbons (Fsp3) is 1.00. The monoisotopic (exact) mass is 235 g/mol. The van der Waals surface area contributed by atoms with Gasteiger partial charge in [0.2, 0.25) is 5.85 Å². The average Bonchev–Trinajstić information content (AvgIpc) is 2.49. The van der Waals surface area contributed by atoms with Crippen LogP contribution < -0.4 is 0 Å². The van der Waals surface area contributed by atoms with E-state index >= 15 is 0 Å². The summed E-state index contributed by atoms with van der Waals surface area (Å²) in [5.74, 6) is -3.38. The van der Waals surface area contributed by atoms with Crippen LogP contribution in [-0.4, -0.2) is 44.5 Å². The molecule has 0 aromatic rings. The maximum Gasteiger partial charge on any atom is 0.695 e. The van der Waals surface area contributed by atoms with E-state index in [-0.39, 0.29) is 6.61 Å². The van der Waals surface area contributed by atoms with Crippen molar-refractivity contribution in [1.82, 2.24) is 0 Å². The van der Waals surface area contributed by atoms with Crippen LogP contribution in [0.15, 0.2) is 0 Å². The highest BCUT2D eigenvalue weighted by molar-refractivity contribution is 7.32. The lowest BCUT2D eigenvalue weighted by atomic mass is 9.95. The molecule has 1 heterocycles. The summed E-state index contributed by atoms with van der Waals surface area (Å²) in [4.78, 5) is 8.63. The van der Waals surface area contributed by atoms with Crippen LogP contribution in [0.1, 0.15) is 0 Å². The lowest BCUT2D eigenvalue weighted by Crippen LogP contribution is -2.32. The van der Waals surface area contributed by atoms with Gasteiger partial charge < -0.3 is 9.47 Å². The van der Waals surface area contributed by atoms with Gasteiger partial charge in [0.15, 0.2) is 6.10 Å². The van der Waals surface area contributed by atoms with Gasteiger partial charge in [-0.15, -0.1) is 9.42 Å². The van der Waals surface area contributed by atoms with Crippen molar-refractivity contribution in [3.63, 3.8) is 0 Å². The second kappa shape index (κ2) is 3.75. The minimum atomic E-state index is -2.80. The van der Waals surface area contributed by atoms with E-state index in [1.165, 1.54) is 7.11 Å². The molecule has 2 aliphatic rings. The Balaban J connectivity index is 2.06. The molecular formula is C7H10BFO5P+. The number of alkyl halides is 1. The molecular weight excluding hydrogens is 225 g/mol. The van der Waals surface area contributed by atoms with E-state index in [2.05, 4.69) is 0 Å². The van der Waals surface area contributed by atoms with E-state index in [0.717, 1.165) is 0 Å². The molecule has 0 amide bonds. The van der Waals surface area contributed by atoms with E-state index in [4.69, 9.17) is 26.7 Å². The lowest BCUT2D eigenvalue weighted by molar-refractivity contribution is -0.111. The standard InChI is InChI=1S/C7H9BFO5P/c1-12-2-3-5(14-15(10)11)4-6(8)7(4,9)13-3/h3-6H,2H2,1H3/p+1. The van der Waals surface area contributed by atoms with Gasteiger partial charge in [0.25, 0.3) is 0 Å². The van der Waals surface area contributed by atoms with Crippen molar-refractivity contribution in [1.29, 1.82) is 0 Å². The third-order valence-electron chi connectivity index (χ3n) is 2.78. The van der Waals surface area contributed by atoms with Gasteiger partial charge in [0, 0.05) is 11.7 Å². The molecule has 2 fully saturated rings. The fourth-order valence-electron chi connectivity index (χ4n) is 2.03. The van der Waals surface area contributed by atoms with Crippen molar-refractivity contribution in [3.05, 3.63) is 0 Å². The van der Waals surface area contributed by atoms with E-state index in [0.29, 0.717) is 0 Å². The van der Waals surface area contributed by atoms with E-state index in [9.17, 15) is 8.96 Å². The molecule has 1 aliphatic carbocycles. The second-order valence-corrected chi connectivity index (χ2v) is 4.36. The minimum absolute atomic E-state index is 0.0999. The van der Waals surface area contributed by atoms with Crippen LogP contribution in [0.25, 0.3) is 0 Å². The Morgan fingerprint density at radius 3 is 2.93 bits per heavy atom. The summed E-state index contributed by atoms with van der Waals surface area (Å²) in [6.45, 7) is 0.0999. The first-order chi connectivity index (χ1) is 7.00. The van der Waals surface area contributed by atoms with E-state index < -0.39 is 38.1 Å². The van der Waals surface area contributed by atoms with Gasteiger partial charge >= 0.3 is 8.25 Å². The van der Waals surface area contributed by atoms with Gasteiger partial charge in [-0.2, -0.15) is 0 Å². The first-order valence-electron chi connectivity index (χ1n) is 4.45. The molecule has 1 aliphatic heterocycles. The maximum atomic E-state index is 13.7. The molecule has 1 N–H and O–H groups in total. The molecule has 15 heavy (non-hydrogen) atoms. The Labute approximate surface area is 88.2 Å². The molecule has 0 spiro atoms. The molecule has 5 nitrogen and oxygen atoms in total. The van der Waals surface area contributed by atoms with E-state index in [1.54, 1.807) is 0 Å². The molecule has 82 valence electrons. The molecule has 0 aromatic carbocycles. The average molecular weight is 235 g/mol. The molecule has 2 radical (unpaired) electrons. The van der Waals surface area contributed by atoms with Crippen LogP contribution in [0.4, 0.5) is 4.39 Å². The van der Waals surface area contributed by atoms with Gasteiger partial charge in [-0.3, -0.25) is 0 Å². The van der Waals surface area contributed by atoms with Crippen molar-refractivity contribution in [2.45, 2.75) is 23.9 Å². The van der Waals surface area contributed by atoms with Crippen molar-refractivity contribution in [2.75, 3.05) is 13.7 Å². The third kappa shape index (κ3) is 1.72. The highest BCUT2D eigenvalue weighted by Gasteiger charge is 2.76. The summed E-state index contributed by atoms with van der Waals surface area (Å²) in [6, 6.07) is 0. The Morgan fingerprint density at radius 1 is 1.73 bits per heavy atom.